The zero-order valence-corrected chi connectivity index (χ0v) is 16.1. The fourth-order valence-electron chi connectivity index (χ4n) is 4.19. The van der Waals surface area contributed by atoms with Gasteiger partial charge in [0.2, 0.25) is 0 Å². The highest BCUT2D eigenvalue weighted by atomic mass is 19.4. The molecule has 0 saturated heterocycles. The maximum absolute atomic E-state index is 13.2. The van der Waals surface area contributed by atoms with Crippen molar-refractivity contribution in [3.05, 3.63) is 58.7 Å². The largest absolute Gasteiger partial charge is 0.496 e. The lowest BCUT2D eigenvalue weighted by Gasteiger charge is -2.18. The summed E-state index contributed by atoms with van der Waals surface area (Å²) in [5.41, 5.74) is 1.21. The molecule has 3 atom stereocenters. The Bertz CT molecular complexity index is 938. The van der Waals surface area contributed by atoms with Crippen LogP contribution in [0.2, 0.25) is 0 Å². The molecule has 4 rings (SSSR count). The van der Waals surface area contributed by atoms with Crippen molar-refractivity contribution in [1.29, 1.82) is 0 Å². The van der Waals surface area contributed by atoms with Gasteiger partial charge in [-0.1, -0.05) is 18.2 Å². The predicted molar refractivity (Wildman–Crippen MR) is 99.0 cm³/mol. The van der Waals surface area contributed by atoms with Crippen molar-refractivity contribution in [2.24, 2.45) is 5.92 Å². The highest BCUT2D eigenvalue weighted by Crippen LogP contribution is 2.52. The second-order valence-electron chi connectivity index (χ2n) is 7.39. The summed E-state index contributed by atoms with van der Waals surface area (Å²) in [5.74, 6) is 0.772. The number of hydrogen-bond acceptors (Lipinski definition) is 4. The van der Waals surface area contributed by atoms with E-state index >= 15 is 0 Å². The van der Waals surface area contributed by atoms with Crippen molar-refractivity contribution in [2.75, 3.05) is 14.2 Å². The van der Waals surface area contributed by atoms with Crippen LogP contribution < -0.4 is 9.47 Å². The Labute approximate surface area is 166 Å². The van der Waals surface area contributed by atoms with Gasteiger partial charge in [-0.25, -0.2) is 0 Å². The summed E-state index contributed by atoms with van der Waals surface area (Å²) in [5, 5.41) is 0. The molecule has 2 aromatic rings. The molecule has 0 aromatic heterocycles. The van der Waals surface area contributed by atoms with Gasteiger partial charge in [0.05, 0.1) is 25.7 Å². The minimum absolute atomic E-state index is 0.0491. The number of alkyl halides is 3. The van der Waals surface area contributed by atoms with Gasteiger partial charge in [0.1, 0.15) is 17.6 Å². The molecule has 29 heavy (non-hydrogen) atoms. The molecular formula is C22H21F3O4. The van der Waals surface area contributed by atoms with Crippen LogP contribution in [0.3, 0.4) is 0 Å². The molecule has 2 aliphatic carbocycles. The number of fused-ring (bicyclic) bond motifs is 1. The third kappa shape index (κ3) is 3.66. The van der Waals surface area contributed by atoms with E-state index < -0.39 is 17.8 Å². The Hall–Kier alpha value is -2.70. The zero-order chi connectivity index (χ0) is 20.8. The summed E-state index contributed by atoms with van der Waals surface area (Å²) in [7, 11) is 2.91. The number of esters is 1. The molecule has 4 nitrogen and oxygen atoms in total. The molecule has 1 saturated carbocycles. The van der Waals surface area contributed by atoms with Gasteiger partial charge in [-0.15, -0.1) is 0 Å². The second kappa shape index (κ2) is 7.28. The van der Waals surface area contributed by atoms with Crippen LogP contribution in [0.15, 0.2) is 36.4 Å². The van der Waals surface area contributed by atoms with E-state index in [-0.39, 0.29) is 17.8 Å². The highest BCUT2D eigenvalue weighted by Gasteiger charge is 2.46. The lowest BCUT2D eigenvalue weighted by atomic mass is 10.0. The van der Waals surface area contributed by atoms with E-state index in [1.54, 1.807) is 25.3 Å². The third-order valence-corrected chi connectivity index (χ3v) is 5.70. The van der Waals surface area contributed by atoms with Gasteiger partial charge in [-0.2, -0.15) is 13.2 Å². The minimum Gasteiger partial charge on any atom is -0.496 e. The summed E-state index contributed by atoms with van der Waals surface area (Å²) < 4.78 is 56.0. The van der Waals surface area contributed by atoms with Gasteiger partial charge < -0.3 is 14.2 Å². The fraction of sp³-hybridized carbons (Fsp3) is 0.409. The molecule has 2 aromatic carbocycles. The lowest BCUT2D eigenvalue weighted by Crippen LogP contribution is -2.10. The quantitative estimate of drug-likeness (QED) is 0.652. The van der Waals surface area contributed by atoms with E-state index in [2.05, 4.69) is 0 Å². The Morgan fingerprint density at radius 2 is 1.90 bits per heavy atom. The number of halogens is 3. The summed E-state index contributed by atoms with van der Waals surface area (Å²) in [6, 6.07) is 9.59. The van der Waals surface area contributed by atoms with E-state index in [9.17, 15) is 18.0 Å². The minimum atomic E-state index is -4.37. The van der Waals surface area contributed by atoms with Crippen LogP contribution in [0.1, 0.15) is 47.1 Å². The van der Waals surface area contributed by atoms with Crippen LogP contribution in [-0.2, 0) is 22.1 Å². The van der Waals surface area contributed by atoms with Gasteiger partial charge in [0.15, 0.2) is 0 Å². The Kier molecular flexibility index (Phi) is 4.92. The van der Waals surface area contributed by atoms with Gasteiger partial charge in [0.25, 0.3) is 0 Å². The maximum atomic E-state index is 13.2. The van der Waals surface area contributed by atoms with Gasteiger partial charge in [-0.3, -0.25) is 4.79 Å². The fourth-order valence-corrected chi connectivity index (χ4v) is 4.19. The normalized spacial score (nSPS) is 22.7. The molecule has 2 aliphatic rings. The molecular weight excluding hydrogens is 385 g/mol. The Balaban J connectivity index is 1.55. The first-order valence-corrected chi connectivity index (χ1v) is 9.45. The molecule has 7 heteroatoms. The number of hydrogen-bond donors (Lipinski definition) is 0. The standard InChI is InChI=1S/C22H21F3O4/c1-27-20-10-12(6-7-15(20)16-11-17(16)21(26)28-2)29-19-9-8-13-14(19)4-3-5-18(13)22(23,24)25/h3-7,10,16-17,19H,8-9,11H2,1-2H3. The van der Waals surface area contributed by atoms with Crippen LogP contribution in [0, 0.1) is 5.92 Å². The zero-order valence-electron chi connectivity index (χ0n) is 16.1. The molecule has 0 heterocycles. The van der Waals surface area contributed by atoms with Crippen LogP contribution in [-0.4, -0.2) is 20.2 Å². The van der Waals surface area contributed by atoms with Crippen LogP contribution >= 0.6 is 0 Å². The number of carbonyl (C=O) groups is 1. The summed E-state index contributed by atoms with van der Waals surface area (Å²) in [6.07, 6.45) is -3.29. The number of methoxy groups -OCH3 is 2. The molecule has 154 valence electrons. The molecule has 0 radical (unpaired) electrons. The SMILES string of the molecule is COC(=O)C1CC1c1ccc(OC2CCc3c2cccc3C(F)(F)F)cc1OC. The average molecular weight is 406 g/mol. The lowest BCUT2D eigenvalue weighted by molar-refractivity contribution is -0.142. The van der Waals surface area contributed by atoms with Crippen molar-refractivity contribution >= 4 is 5.97 Å². The van der Waals surface area contributed by atoms with E-state index in [0.717, 1.165) is 11.6 Å². The molecule has 0 bridgehead atoms. The predicted octanol–water partition coefficient (Wildman–Crippen LogP) is 5.06. The van der Waals surface area contributed by atoms with Crippen LogP contribution in [0.4, 0.5) is 13.2 Å². The first-order chi connectivity index (χ1) is 13.8. The van der Waals surface area contributed by atoms with Crippen molar-refractivity contribution in [1.82, 2.24) is 0 Å². The van der Waals surface area contributed by atoms with Crippen molar-refractivity contribution < 1.29 is 32.2 Å². The number of carbonyl (C=O) groups excluding carboxylic acids is 1. The van der Waals surface area contributed by atoms with E-state index in [1.807, 2.05) is 6.07 Å². The second-order valence-corrected chi connectivity index (χ2v) is 7.39. The number of ether oxygens (including phenoxy) is 3. The molecule has 0 amide bonds. The van der Waals surface area contributed by atoms with Gasteiger partial charge in [0, 0.05) is 12.0 Å². The third-order valence-electron chi connectivity index (χ3n) is 5.70. The topological polar surface area (TPSA) is 44.8 Å². The van der Waals surface area contributed by atoms with Crippen molar-refractivity contribution in [3.63, 3.8) is 0 Å². The van der Waals surface area contributed by atoms with Gasteiger partial charge in [-0.05, 0) is 48.1 Å². The van der Waals surface area contributed by atoms with Crippen LogP contribution in [0.25, 0.3) is 0 Å². The Morgan fingerprint density at radius 3 is 2.59 bits per heavy atom. The maximum Gasteiger partial charge on any atom is 0.416 e. The molecule has 0 spiro atoms. The highest BCUT2D eigenvalue weighted by molar-refractivity contribution is 5.77. The van der Waals surface area contributed by atoms with Crippen LogP contribution in [0.5, 0.6) is 11.5 Å². The smallest absolute Gasteiger partial charge is 0.416 e. The first-order valence-electron chi connectivity index (χ1n) is 9.45. The number of benzene rings is 2. The Morgan fingerprint density at radius 1 is 1.10 bits per heavy atom. The summed E-state index contributed by atoms with van der Waals surface area (Å²) >= 11 is 0. The monoisotopic (exact) mass is 406 g/mol. The first kappa shape index (κ1) is 19.6. The van der Waals surface area contributed by atoms with Gasteiger partial charge >= 0.3 is 12.1 Å². The summed E-state index contributed by atoms with van der Waals surface area (Å²) in [6.45, 7) is 0. The average Bonchev–Trinajstić information content (AvgIpc) is 3.40. The molecule has 1 fully saturated rings. The molecule has 3 unspecified atom stereocenters. The molecule has 0 aliphatic heterocycles. The van der Waals surface area contributed by atoms with E-state index in [0.29, 0.717) is 41.9 Å². The van der Waals surface area contributed by atoms with Crippen molar-refractivity contribution in [2.45, 2.75) is 37.5 Å². The number of rotatable bonds is 5. The van der Waals surface area contributed by atoms with E-state index in [1.165, 1.54) is 13.2 Å². The van der Waals surface area contributed by atoms with Crippen molar-refractivity contribution in [3.8, 4) is 11.5 Å². The molecule has 0 N–H and O–H groups in total. The summed E-state index contributed by atoms with van der Waals surface area (Å²) in [4.78, 5) is 11.7. The van der Waals surface area contributed by atoms with E-state index in [4.69, 9.17) is 14.2 Å².